The van der Waals surface area contributed by atoms with Crippen molar-refractivity contribution in [2.24, 2.45) is 0 Å². The molecule has 2 aromatic rings. The maximum atomic E-state index is 12.8. The van der Waals surface area contributed by atoms with E-state index < -0.39 is 22.0 Å². The Morgan fingerprint density at radius 1 is 1.11 bits per heavy atom. The number of benzene rings is 2. The maximum absolute atomic E-state index is 12.8. The van der Waals surface area contributed by atoms with Crippen molar-refractivity contribution in [2.75, 3.05) is 17.7 Å². The van der Waals surface area contributed by atoms with Crippen LogP contribution in [0, 0.1) is 0 Å². The van der Waals surface area contributed by atoms with Crippen molar-refractivity contribution in [3.63, 3.8) is 0 Å². The van der Waals surface area contributed by atoms with Crippen molar-refractivity contribution in [1.29, 1.82) is 0 Å². The van der Waals surface area contributed by atoms with Crippen LogP contribution in [-0.4, -0.2) is 33.7 Å². The highest BCUT2D eigenvalue weighted by Gasteiger charge is 2.30. The largest absolute Gasteiger partial charge is 0.496 e. The lowest BCUT2D eigenvalue weighted by atomic mass is 10.1. The first-order valence-electron chi connectivity index (χ1n) is 8.33. The quantitative estimate of drug-likeness (QED) is 0.759. The van der Waals surface area contributed by atoms with Gasteiger partial charge >= 0.3 is 0 Å². The summed E-state index contributed by atoms with van der Waals surface area (Å²) in [6, 6.07) is 12.3. The molecule has 0 aliphatic carbocycles. The molecule has 27 heavy (non-hydrogen) atoms. The lowest BCUT2D eigenvalue weighted by Crippen LogP contribution is -2.48. The Balaban J connectivity index is 2.26. The number of halogens is 1. The zero-order chi connectivity index (χ0) is 20.2. The minimum absolute atomic E-state index is 0.359. The smallest absolute Gasteiger partial charge is 0.244 e. The summed E-state index contributed by atoms with van der Waals surface area (Å²) < 4.78 is 31.0. The summed E-state index contributed by atoms with van der Waals surface area (Å²) >= 11 is 5.88. The molecule has 2 atom stereocenters. The normalized spacial score (nSPS) is 13.5. The SMILES string of the molecule is COc1ccccc1[C@@H](C)NC(=O)[C@H](C)N(c1ccc(Cl)cc1)S(C)(=O)=O. The molecule has 0 aromatic heterocycles. The summed E-state index contributed by atoms with van der Waals surface area (Å²) in [5.41, 5.74) is 1.17. The molecule has 0 aliphatic rings. The standard InChI is InChI=1S/C19H23ClN2O4S/c1-13(17-7-5-6-8-18(17)26-3)21-19(23)14(2)22(27(4,24)25)16-11-9-15(20)10-12-16/h5-14H,1-4H3,(H,21,23)/t13-,14+/m1/s1. The molecule has 2 aromatic carbocycles. The van der Waals surface area contributed by atoms with Crippen LogP contribution < -0.4 is 14.4 Å². The lowest BCUT2D eigenvalue weighted by molar-refractivity contribution is -0.122. The van der Waals surface area contributed by atoms with Gasteiger partial charge in [0.1, 0.15) is 11.8 Å². The van der Waals surface area contributed by atoms with Crippen molar-refractivity contribution in [2.45, 2.75) is 25.9 Å². The fourth-order valence-corrected chi connectivity index (χ4v) is 4.13. The van der Waals surface area contributed by atoms with E-state index in [1.165, 1.54) is 0 Å². The fraction of sp³-hybridized carbons (Fsp3) is 0.316. The number of para-hydroxylation sites is 1. The van der Waals surface area contributed by atoms with Crippen molar-refractivity contribution in [3.8, 4) is 5.75 Å². The molecule has 0 radical (unpaired) electrons. The van der Waals surface area contributed by atoms with Gasteiger partial charge in [-0.2, -0.15) is 0 Å². The number of methoxy groups -OCH3 is 1. The molecule has 0 unspecified atom stereocenters. The lowest BCUT2D eigenvalue weighted by Gasteiger charge is -2.29. The number of carbonyl (C=O) groups is 1. The molecule has 1 amide bonds. The summed E-state index contributed by atoms with van der Waals surface area (Å²) in [4.78, 5) is 12.8. The third kappa shape index (κ3) is 5.14. The van der Waals surface area contributed by atoms with Gasteiger partial charge in [0, 0.05) is 10.6 Å². The number of nitrogens with zero attached hydrogens (tertiary/aromatic N) is 1. The number of nitrogens with one attached hydrogen (secondary N) is 1. The van der Waals surface area contributed by atoms with Crippen LogP contribution in [0.5, 0.6) is 5.75 Å². The number of hydrogen-bond donors (Lipinski definition) is 1. The second-order valence-electron chi connectivity index (χ2n) is 6.18. The highest BCUT2D eigenvalue weighted by atomic mass is 35.5. The summed E-state index contributed by atoms with van der Waals surface area (Å²) in [6.45, 7) is 3.36. The number of rotatable bonds is 7. The van der Waals surface area contributed by atoms with E-state index in [2.05, 4.69) is 5.32 Å². The highest BCUT2D eigenvalue weighted by molar-refractivity contribution is 7.92. The van der Waals surface area contributed by atoms with E-state index in [0.717, 1.165) is 16.1 Å². The van der Waals surface area contributed by atoms with Gasteiger partial charge in [0.05, 0.1) is 25.1 Å². The summed E-state index contributed by atoms with van der Waals surface area (Å²) in [5.74, 6) is 0.226. The molecule has 2 rings (SSSR count). The minimum Gasteiger partial charge on any atom is -0.496 e. The first-order valence-corrected chi connectivity index (χ1v) is 10.6. The van der Waals surface area contributed by atoms with Gasteiger partial charge < -0.3 is 10.1 Å². The van der Waals surface area contributed by atoms with E-state index in [0.29, 0.717) is 16.5 Å². The Kier molecular flexibility index (Phi) is 6.73. The first kappa shape index (κ1) is 21.1. The minimum atomic E-state index is -3.68. The van der Waals surface area contributed by atoms with E-state index in [1.54, 1.807) is 44.4 Å². The van der Waals surface area contributed by atoms with Gasteiger partial charge in [-0.1, -0.05) is 29.8 Å². The molecule has 0 saturated carbocycles. The van der Waals surface area contributed by atoms with E-state index in [9.17, 15) is 13.2 Å². The second-order valence-corrected chi connectivity index (χ2v) is 8.48. The number of anilines is 1. The van der Waals surface area contributed by atoms with Gasteiger partial charge in [0.2, 0.25) is 15.9 Å². The Labute approximate surface area is 165 Å². The Bertz CT molecular complexity index is 900. The van der Waals surface area contributed by atoms with Gasteiger partial charge in [0.15, 0.2) is 0 Å². The highest BCUT2D eigenvalue weighted by Crippen LogP contribution is 2.26. The van der Waals surface area contributed by atoms with Gasteiger partial charge in [-0.25, -0.2) is 8.42 Å². The van der Waals surface area contributed by atoms with Crippen LogP contribution in [0.25, 0.3) is 0 Å². The van der Waals surface area contributed by atoms with Gasteiger partial charge in [-0.3, -0.25) is 9.10 Å². The average Bonchev–Trinajstić information content (AvgIpc) is 2.62. The molecule has 8 heteroatoms. The molecule has 6 nitrogen and oxygen atoms in total. The molecule has 0 spiro atoms. The van der Waals surface area contributed by atoms with Crippen LogP contribution in [-0.2, 0) is 14.8 Å². The zero-order valence-electron chi connectivity index (χ0n) is 15.6. The van der Waals surface area contributed by atoms with Crippen molar-refractivity contribution >= 4 is 33.2 Å². The molecule has 0 aliphatic heterocycles. The molecule has 0 heterocycles. The van der Waals surface area contributed by atoms with Gasteiger partial charge in [-0.15, -0.1) is 0 Å². The Hall–Kier alpha value is -2.25. The molecule has 0 bridgehead atoms. The van der Waals surface area contributed by atoms with Gasteiger partial charge in [0.25, 0.3) is 0 Å². The van der Waals surface area contributed by atoms with E-state index in [4.69, 9.17) is 16.3 Å². The maximum Gasteiger partial charge on any atom is 0.244 e. The van der Waals surface area contributed by atoms with E-state index in [-0.39, 0.29) is 6.04 Å². The molecular weight excluding hydrogens is 388 g/mol. The Morgan fingerprint density at radius 3 is 2.26 bits per heavy atom. The molecule has 1 N–H and O–H groups in total. The molecule has 0 saturated heterocycles. The van der Waals surface area contributed by atoms with Gasteiger partial charge in [-0.05, 0) is 44.2 Å². The summed E-state index contributed by atoms with van der Waals surface area (Å²) in [5, 5.41) is 3.33. The number of sulfonamides is 1. The van der Waals surface area contributed by atoms with Crippen LogP contribution in [0.1, 0.15) is 25.5 Å². The van der Waals surface area contributed by atoms with Crippen LogP contribution >= 0.6 is 11.6 Å². The third-order valence-corrected chi connectivity index (χ3v) is 5.63. The summed E-state index contributed by atoms with van der Waals surface area (Å²) in [6.07, 6.45) is 1.06. The predicted octanol–water partition coefficient (Wildman–Crippen LogP) is 3.38. The number of amides is 1. The van der Waals surface area contributed by atoms with Crippen molar-refractivity contribution in [1.82, 2.24) is 5.32 Å². The molecule has 0 fully saturated rings. The van der Waals surface area contributed by atoms with Crippen molar-refractivity contribution < 1.29 is 17.9 Å². The number of hydrogen-bond acceptors (Lipinski definition) is 4. The van der Waals surface area contributed by atoms with Crippen LogP contribution in [0.15, 0.2) is 48.5 Å². The average molecular weight is 411 g/mol. The van der Waals surface area contributed by atoms with Crippen LogP contribution in [0.2, 0.25) is 5.02 Å². The Morgan fingerprint density at radius 2 is 1.70 bits per heavy atom. The van der Waals surface area contributed by atoms with Crippen molar-refractivity contribution in [3.05, 3.63) is 59.1 Å². The third-order valence-electron chi connectivity index (χ3n) is 4.13. The first-order chi connectivity index (χ1) is 12.6. The van der Waals surface area contributed by atoms with E-state index in [1.807, 2.05) is 25.1 Å². The monoisotopic (exact) mass is 410 g/mol. The fourth-order valence-electron chi connectivity index (χ4n) is 2.83. The summed E-state index contributed by atoms with van der Waals surface area (Å²) in [7, 11) is -2.13. The molecule has 146 valence electrons. The topological polar surface area (TPSA) is 75.7 Å². The van der Waals surface area contributed by atoms with E-state index >= 15 is 0 Å². The van der Waals surface area contributed by atoms with Crippen LogP contribution in [0.3, 0.4) is 0 Å². The zero-order valence-corrected chi connectivity index (χ0v) is 17.2. The van der Waals surface area contributed by atoms with Crippen LogP contribution in [0.4, 0.5) is 5.69 Å². The number of ether oxygens (including phenoxy) is 1. The predicted molar refractivity (Wildman–Crippen MR) is 108 cm³/mol. The molecular formula is C19H23ClN2O4S. The number of carbonyl (C=O) groups excluding carboxylic acids is 1. The second kappa shape index (κ2) is 8.63.